The van der Waals surface area contributed by atoms with E-state index >= 15 is 0 Å². The molecule has 0 saturated heterocycles. The van der Waals surface area contributed by atoms with Crippen molar-refractivity contribution < 1.29 is 18.1 Å². The summed E-state index contributed by atoms with van der Waals surface area (Å²) in [5.41, 5.74) is -0.795. The average Bonchev–Trinajstić information content (AvgIpc) is 2.83. The molecular formula is C10H3ClF3N5O2. The summed E-state index contributed by atoms with van der Waals surface area (Å²) in [6.07, 6.45) is -4.79. The van der Waals surface area contributed by atoms with Crippen LogP contribution in [0.5, 0.6) is 0 Å². The van der Waals surface area contributed by atoms with Crippen molar-refractivity contribution in [2.75, 3.05) is 0 Å². The lowest BCUT2D eigenvalue weighted by molar-refractivity contribution is -0.384. The summed E-state index contributed by atoms with van der Waals surface area (Å²) in [6.45, 7) is 0. The van der Waals surface area contributed by atoms with Gasteiger partial charge in [0, 0.05) is 12.1 Å². The van der Waals surface area contributed by atoms with Gasteiger partial charge in [-0.15, -0.1) is 10.2 Å². The Kier molecular flexibility index (Phi) is 2.73. The van der Waals surface area contributed by atoms with Gasteiger partial charge >= 0.3 is 6.18 Å². The molecule has 3 aromatic rings. The minimum absolute atomic E-state index is 0.0587. The van der Waals surface area contributed by atoms with E-state index in [1.807, 2.05) is 0 Å². The van der Waals surface area contributed by atoms with Gasteiger partial charge in [-0.3, -0.25) is 14.5 Å². The molecule has 1 aromatic carbocycles. The van der Waals surface area contributed by atoms with Gasteiger partial charge in [-0.05, 0) is 6.07 Å². The quantitative estimate of drug-likeness (QED) is 0.509. The lowest BCUT2D eigenvalue weighted by Crippen LogP contribution is -2.11. The molecule has 7 nitrogen and oxygen atoms in total. The summed E-state index contributed by atoms with van der Waals surface area (Å²) < 4.78 is 39.5. The van der Waals surface area contributed by atoms with Crippen LogP contribution in [0.1, 0.15) is 5.82 Å². The molecule has 0 radical (unpaired) electrons. The molecule has 2 aromatic heterocycles. The number of fused-ring (bicyclic) bond motifs is 3. The van der Waals surface area contributed by atoms with E-state index in [0.717, 1.165) is 12.1 Å². The van der Waals surface area contributed by atoms with Crippen LogP contribution in [0.15, 0.2) is 18.2 Å². The van der Waals surface area contributed by atoms with Gasteiger partial charge in [-0.1, -0.05) is 11.6 Å². The number of nitro groups is 1. The van der Waals surface area contributed by atoms with Crippen molar-refractivity contribution in [3.8, 4) is 0 Å². The molecule has 0 aliphatic heterocycles. The third-order valence-corrected chi connectivity index (χ3v) is 2.98. The number of nitrogens with zero attached hydrogens (tertiary/aromatic N) is 5. The largest absolute Gasteiger partial charge is 0.452 e. The minimum Gasteiger partial charge on any atom is -0.267 e. The SMILES string of the molecule is O=[N+]([O-])c1ccc2nc(Cl)c3nnc(C(F)(F)F)n3c2c1. The van der Waals surface area contributed by atoms with Gasteiger partial charge < -0.3 is 0 Å². The Morgan fingerprint density at radius 2 is 2.00 bits per heavy atom. The number of halogens is 4. The number of aromatic nitrogens is 4. The average molecular weight is 318 g/mol. The number of rotatable bonds is 1. The summed E-state index contributed by atoms with van der Waals surface area (Å²) in [5, 5.41) is 16.9. The molecule has 21 heavy (non-hydrogen) atoms. The summed E-state index contributed by atoms with van der Waals surface area (Å²) >= 11 is 5.77. The van der Waals surface area contributed by atoms with Crippen LogP contribution in [0.25, 0.3) is 16.7 Å². The van der Waals surface area contributed by atoms with E-state index in [4.69, 9.17) is 11.6 Å². The fourth-order valence-corrected chi connectivity index (χ4v) is 2.10. The first-order valence-corrected chi connectivity index (χ1v) is 5.73. The van der Waals surface area contributed by atoms with E-state index in [1.165, 1.54) is 6.07 Å². The zero-order valence-corrected chi connectivity index (χ0v) is 10.6. The molecule has 108 valence electrons. The van der Waals surface area contributed by atoms with Crippen molar-refractivity contribution in [3.63, 3.8) is 0 Å². The summed E-state index contributed by atoms with van der Waals surface area (Å²) in [5.74, 6) is -1.33. The number of hydrogen-bond donors (Lipinski definition) is 0. The molecule has 0 unspecified atom stereocenters. The molecule has 0 aliphatic carbocycles. The van der Waals surface area contributed by atoms with Crippen LogP contribution in [0.2, 0.25) is 5.15 Å². The normalized spacial score (nSPS) is 12.2. The lowest BCUT2D eigenvalue weighted by atomic mass is 10.2. The Balaban J connectivity index is 2.51. The highest BCUT2D eigenvalue weighted by Gasteiger charge is 2.38. The number of benzene rings is 1. The smallest absolute Gasteiger partial charge is 0.267 e. The topological polar surface area (TPSA) is 86.2 Å². The van der Waals surface area contributed by atoms with E-state index in [9.17, 15) is 23.3 Å². The van der Waals surface area contributed by atoms with Gasteiger partial charge in [-0.2, -0.15) is 13.2 Å². The van der Waals surface area contributed by atoms with Crippen LogP contribution in [0, 0.1) is 10.1 Å². The molecule has 0 atom stereocenters. The zero-order chi connectivity index (χ0) is 15.4. The van der Waals surface area contributed by atoms with E-state index in [2.05, 4.69) is 15.2 Å². The van der Waals surface area contributed by atoms with Crippen LogP contribution >= 0.6 is 11.6 Å². The fourth-order valence-electron chi connectivity index (χ4n) is 1.88. The Bertz CT molecular complexity index is 892. The summed E-state index contributed by atoms with van der Waals surface area (Å²) in [7, 11) is 0. The van der Waals surface area contributed by atoms with Gasteiger partial charge in [-0.25, -0.2) is 4.98 Å². The maximum absolute atomic E-state index is 12.9. The van der Waals surface area contributed by atoms with Crippen molar-refractivity contribution >= 4 is 34.0 Å². The summed E-state index contributed by atoms with van der Waals surface area (Å²) in [6, 6.07) is 3.29. The van der Waals surface area contributed by atoms with E-state index in [0.29, 0.717) is 4.40 Å². The Hall–Kier alpha value is -2.49. The Morgan fingerprint density at radius 1 is 1.29 bits per heavy atom. The van der Waals surface area contributed by atoms with Crippen LogP contribution in [-0.4, -0.2) is 24.5 Å². The Labute approximate surface area is 118 Å². The monoisotopic (exact) mass is 317 g/mol. The first-order valence-electron chi connectivity index (χ1n) is 5.35. The van der Waals surface area contributed by atoms with Crippen LogP contribution in [-0.2, 0) is 6.18 Å². The number of hydrogen-bond acceptors (Lipinski definition) is 5. The van der Waals surface area contributed by atoms with Gasteiger partial charge in [0.05, 0.1) is 16.0 Å². The van der Waals surface area contributed by atoms with Crippen molar-refractivity contribution in [1.29, 1.82) is 0 Å². The highest BCUT2D eigenvalue weighted by Crippen LogP contribution is 2.32. The lowest BCUT2D eigenvalue weighted by Gasteiger charge is -2.07. The number of alkyl halides is 3. The third kappa shape index (κ3) is 2.03. The van der Waals surface area contributed by atoms with Crippen molar-refractivity contribution in [2.45, 2.75) is 6.18 Å². The third-order valence-electron chi connectivity index (χ3n) is 2.73. The van der Waals surface area contributed by atoms with E-state index in [-0.39, 0.29) is 27.5 Å². The molecule has 0 amide bonds. The van der Waals surface area contributed by atoms with E-state index in [1.54, 1.807) is 0 Å². The van der Waals surface area contributed by atoms with Gasteiger partial charge in [0.1, 0.15) is 0 Å². The zero-order valence-electron chi connectivity index (χ0n) is 9.80. The van der Waals surface area contributed by atoms with Crippen molar-refractivity contribution in [3.05, 3.63) is 39.3 Å². The molecule has 0 aliphatic rings. The predicted octanol–water partition coefficient (Wildman–Crippen LogP) is 2.86. The van der Waals surface area contributed by atoms with Crippen molar-refractivity contribution in [2.24, 2.45) is 0 Å². The first kappa shape index (κ1) is 13.5. The molecule has 0 bridgehead atoms. The highest BCUT2D eigenvalue weighted by atomic mass is 35.5. The van der Waals surface area contributed by atoms with Gasteiger partial charge in [0.25, 0.3) is 5.69 Å². The van der Waals surface area contributed by atoms with Crippen molar-refractivity contribution in [1.82, 2.24) is 19.6 Å². The highest BCUT2D eigenvalue weighted by molar-refractivity contribution is 6.32. The van der Waals surface area contributed by atoms with Crippen LogP contribution in [0.3, 0.4) is 0 Å². The summed E-state index contributed by atoms with van der Waals surface area (Å²) in [4.78, 5) is 13.9. The first-order chi connectivity index (χ1) is 9.79. The maximum Gasteiger partial charge on any atom is 0.452 e. The van der Waals surface area contributed by atoms with Gasteiger partial charge in [0.2, 0.25) is 5.82 Å². The number of nitro benzene ring substituents is 1. The Morgan fingerprint density at radius 3 is 2.62 bits per heavy atom. The molecular weight excluding hydrogens is 315 g/mol. The second-order valence-corrected chi connectivity index (χ2v) is 4.37. The van der Waals surface area contributed by atoms with E-state index < -0.39 is 16.9 Å². The molecule has 11 heteroatoms. The minimum atomic E-state index is -4.79. The van der Waals surface area contributed by atoms with Crippen LogP contribution in [0.4, 0.5) is 18.9 Å². The molecule has 0 saturated carbocycles. The molecule has 2 heterocycles. The maximum atomic E-state index is 12.9. The molecule has 3 rings (SSSR count). The number of non-ortho nitro benzene ring substituents is 1. The predicted molar refractivity (Wildman–Crippen MR) is 65.0 cm³/mol. The molecule has 0 fully saturated rings. The molecule has 0 spiro atoms. The second-order valence-electron chi connectivity index (χ2n) is 4.01. The molecule has 0 N–H and O–H groups in total. The van der Waals surface area contributed by atoms with Gasteiger partial charge in [0.15, 0.2) is 10.8 Å². The van der Waals surface area contributed by atoms with Crippen LogP contribution < -0.4 is 0 Å². The standard InChI is InChI=1S/C10H3ClF3N5O2/c11-7-8-16-17-9(10(12,13)14)18(8)6-3-4(19(20)21)1-2-5(6)15-7/h1-3H. The second kappa shape index (κ2) is 4.25. The fraction of sp³-hybridized carbons (Fsp3) is 0.100.